The molecule has 0 radical (unpaired) electrons. The van der Waals surface area contributed by atoms with Gasteiger partial charge in [0, 0.05) is 29.8 Å². The predicted octanol–water partition coefficient (Wildman–Crippen LogP) is 1.66. The van der Waals surface area contributed by atoms with Crippen LogP contribution in [0.5, 0.6) is 0 Å². The van der Waals surface area contributed by atoms with Crippen LogP contribution in [0.3, 0.4) is 0 Å². The van der Waals surface area contributed by atoms with Gasteiger partial charge in [0.1, 0.15) is 5.58 Å². The van der Waals surface area contributed by atoms with Crippen molar-refractivity contribution in [2.24, 2.45) is 0 Å². The van der Waals surface area contributed by atoms with Gasteiger partial charge in [0.15, 0.2) is 9.84 Å². The molecule has 0 aliphatic heterocycles. The van der Waals surface area contributed by atoms with Crippen LogP contribution in [-0.4, -0.2) is 37.5 Å². The van der Waals surface area contributed by atoms with Crippen LogP contribution in [0, 0.1) is 0 Å². The summed E-state index contributed by atoms with van der Waals surface area (Å²) in [5.74, 6) is -1.11. The first-order valence-electron chi connectivity index (χ1n) is 6.59. The van der Waals surface area contributed by atoms with Crippen molar-refractivity contribution >= 4 is 26.8 Å². The summed E-state index contributed by atoms with van der Waals surface area (Å²) in [4.78, 5) is 11.2. The molecular formula is C14H17NO5S. The molecule has 0 aliphatic carbocycles. The average Bonchev–Trinajstić information content (AvgIpc) is 2.83. The van der Waals surface area contributed by atoms with Crippen LogP contribution in [0.25, 0.3) is 11.0 Å². The van der Waals surface area contributed by atoms with E-state index in [2.05, 4.69) is 5.32 Å². The second kappa shape index (κ2) is 6.28. The molecule has 2 rings (SSSR count). The Morgan fingerprint density at radius 1 is 1.33 bits per heavy atom. The molecule has 114 valence electrons. The number of hydrogen-bond donors (Lipinski definition) is 2. The fourth-order valence-corrected chi connectivity index (χ4v) is 2.78. The Morgan fingerprint density at radius 3 is 2.71 bits per heavy atom. The van der Waals surface area contributed by atoms with Crippen LogP contribution in [0.4, 0.5) is 0 Å². The van der Waals surface area contributed by atoms with Crippen molar-refractivity contribution in [1.82, 2.24) is 5.32 Å². The molecule has 2 aromatic rings. The number of carbonyl (C=O) groups is 1. The second-order valence-electron chi connectivity index (χ2n) is 4.62. The third kappa shape index (κ3) is 3.62. The number of furan rings is 1. The largest absolute Gasteiger partial charge is 0.475 e. The van der Waals surface area contributed by atoms with Gasteiger partial charge in [-0.05, 0) is 6.07 Å². The third-order valence-electron chi connectivity index (χ3n) is 3.22. The Bertz CT molecular complexity index is 748. The fraction of sp³-hybridized carbons (Fsp3) is 0.357. The number of nitrogens with one attached hydrogen (secondary N) is 1. The molecule has 0 aliphatic rings. The maximum Gasteiger partial charge on any atom is 0.372 e. The second-order valence-corrected chi connectivity index (χ2v) is 7.10. The van der Waals surface area contributed by atoms with Gasteiger partial charge in [0.25, 0.3) is 0 Å². The molecule has 0 spiro atoms. The Morgan fingerprint density at radius 2 is 2.05 bits per heavy atom. The molecule has 6 nitrogen and oxygen atoms in total. The summed E-state index contributed by atoms with van der Waals surface area (Å²) in [5, 5.41) is 12.9. The van der Waals surface area contributed by atoms with Crippen molar-refractivity contribution in [2.75, 3.05) is 18.1 Å². The van der Waals surface area contributed by atoms with Crippen LogP contribution in [0.1, 0.15) is 23.0 Å². The summed E-state index contributed by atoms with van der Waals surface area (Å²) in [6, 6.07) is 7.05. The number of carboxylic acids is 1. The van der Waals surface area contributed by atoms with Gasteiger partial charge in [-0.2, -0.15) is 0 Å². The average molecular weight is 311 g/mol. The van der Waals surface area contributed by atoms with E-state index >= 15 is 0 Å². The van der Waals surface area contributed by atoms with Gasteiger partial charge in [-0.15, -0.1) is 0 Å². The first kappa shape index (κ1) is 15.5. The van der Waals surface area contributed by atoms with E-state index in [0.717, 1.165) is 5.39 Å². The van der Waals surface area contributed by atoms with E-state index in [0.29, 0.717) is 11.1 Å². The number of fused-ring (bicyclic) bond motifs is 1. The van der Waals surface area contributed by atoms with Gasteiger partial charge in [-0.25, -0.2) is 13.2 Å². The van der Waals surface area contributed by atoms with Crippen molar-refractivity contribution in [3.8, 4) is 0 Å². The lowest BCUT2D eigenvalue weighted by atomic mass is 10.1. The van der Waals surface area contributed by atoms with Crippen molar-refractivity contribution in [3.63, 3.8) is 0 Å². The minimum absolute atomic E-state index is 0.0295. The maximum absolute atomic E-state index is 11.4. The van der Waals surface area contributed by atoms with E-state index in [1.165, 1.54) is 0 Å². The van der Waals surface area contributed by atoms with E-state index in [-0.39, 0.29) is 30.4 Å². The lowest BCUT2D eigenvalue weighted by molar-refractivity contribution is 0.0663. The van der Waals surface area contributed by atoms with E-state index in [9.17, 15) is 18.3 Å². The highest BCUT2D eigenvalue weighted by atomic mass is 32.2. The van der Waals surface area contributed by atoms with Crippen LogP contribution in [0.2, 0.25) is 0 Å². The Hall–Kier alpha value is -1.86. The molecule has 0 amide bonds. The topological polar surface area (TPSA) is 96.6 Å². The van der Waals surface area contributed by atoms with Crippen LogP contribution < -0.4 is 5.32 Å². The Balaban J connectivity index is 2.14. The maximum atomic E-state index is 11.4. The molecule has 7 heteroatoms. The van der Waals surface area contributed by atoms with Gasteiger partial charge < -0.3 is 14.8 Å². The first-order valence-corrected chi connectivity index (χ1v) is 8.41. The summed E-state index contributed by atoms with van der Waals surface area (Å²) in [6.45, 7) is 2.12. The summed E-state index contributed by atoms with van der Waals surface area (Å²) in [7, 11) is -3.03. The molecule has 21 heavy (non-hydrogen) atoms. The van der Waals surface area contributed by atoms with Crippen molar-refractivity contribution < 1.29 is 22.7 Å². The van der Waals surface area contributed by atoms with Gasteiger partial charge in [-0.1, -0.05) is 25.1 Å². The lowest BCUT2D eigenvalue weighted by Gasteiger charge is -2.04. The van der Waals surface area contributed by atoms with Gasteiger partial charge in [-0.3, -0.25) is 0 Å². The highest BCUT2D eigenvalue weighted by molar-refractivity contribution is 7.91. The molecule has 1 heterocycles. The molecular weight excluding hydrogens is 294 g/mol. The number of aromatic carboxylic acids is 1. The molecule has 0 saturated heterocycles. The number of rotatable bonds is 7. The zero-order valence-electron chi connectivity index (χ0n) is 11.6. The normalized spacial score (nSPS) is 11.9. The molecule has 1 aromatic carbocycles. The van der Waals surface area contributed by atoms with Crippen molar-refractivity contribution in [3.05, 3.63) is 35.6 Å². The van der Waals surface area contributed by atoms with Crippen molar-refractivity contribution in [1.29, 1.82) is 0 Å². The van der Waals surface area contributed by atoms with Crippen LogP contribution in [-0.2, 0) is 16.4 Å². The van der Waals surface area contributed by atoms with E-state index in [1.54, 1.807) is 31.2 Å². The molecule has 0 fully saturated rings. The monoisotopic (exact) mass is 311 g/mol. The van der Waals surface area contributed by atoms with Crippen LogP contribution >= 0.6 is 0 Å². The minimum Gasteiger partial charge on any atom is -0.475 e. The molecule has 0 atom stereocenters. The molecule has 0 saturated carbocycles. The molecule has 0 bridgehead atoms. The summed E-state index contributed by atoms with van der Waals surface area (Å²) < 4.78 is 28.1. The van der Waals surface area contributed by atoms with E-state index < -0.39 is 15.8 Å². The minimum atomic E-state index is -3.03. The van der Waals surface area contributed by atoms with E-state index in [4.69, 9.17) is 4.42 Å². The first-order chi connectivity index (χ1) is 9.94. The van der Waals surface area contributed by atoms with Gasteiger partial charge in [0.05, 0.1) is 5.75 Å². The molecule has 2 N–H and O–H groups in total. The van der Waals surface area contributed by atoms with Gasteiger partial charge in [0.2, 0.25) is 5.76 Å². The quantitative estimate of drug-likeness (QED) is 0.755. The molecule has 1 aromatic heterocycles. The fourth-order valence-electron chi connectivity index (χ4n) is 2.03. The summed E-state index contributed by atoms with van der Waals surface area (Å²) in [6.07, 6.45) is 0. The number of carboxylic acid groups (broad SMARTS) is 1. The molecule has 0 unspecified atom stereocenters. The zero-order chi connectivity index (χ0) is 15.5. The van der Waals surface area contributed by atoms with Gasteiger partial charge >= 0.3 is 5.97 Å². The third-order valence-corrected chi connectivity index (χ3v) is 4.93. The number of sulfone groups is 1. The van der Waals surface area contributed by atoms with E-state index in [1.807, 2.05) is 0 Å². The summed E-state index contributed by atoms with van der Waals surface area (Å²) >= 11 is 0. The standard InChI is InChI=1S/C14H17NO5S/c1-2-21(18,19)8-7-15-9-11-10-5-3-4-6-12(10)20-13(11)14(16)17/h3-6,15H,2,7-9H2,1H3,(H,16,17). The number of para-hydroxylation sites is 1. The van der Waals surface area contributed by atoms with Crippen molar-refractivity contribution in [2.45, 2.75) is 13.5 Å². The Labute approximate surface area is 122 Å². The predicted molar refractivity (Wildman–Crippen MR) is 79.2 cm³/mol. The van der Waals surface area contributed by atoms with Crippen LogP contribution in [0.15, 0.2) is 28.7 Å². The lowest BCUT2D eigenvalue weighted by Crippen LogP contribution is -2.24. The Kier molecular flexibility index (Phi) is 4.64. The SMILES string of the molecule is CCS(=O)(=O)CCNCc1c(C(=O)O)oc2ccccc12. The summed E-state index contributed by atoms with van der Waals surface area (Å²) in [5.41, 5.74) is 1.04. The number of benzene rings is 1. The zero-order valence-corrected chi connectivity index (χ0v) is 12.4. The smallest absolute Gasteiger partial charge is 0.372 e. The highest BCUT2D eigenvalue weighted by Gasteiger charge is 2.19. The number of hydrogen-bond acceptors (Lipinski definition) is 5. The highest BCUT2D eigenvalue weighted by Crippen LogP contribution is 2.25.